The second-order valence-corrected chi connectivity index (χ2v) is 25.6. The molecule has 0 aromatic rings. The van der Waals surface area contributed by atoms with E-state index in [-0.39, 0.29) is 19.4 Å². The van der Waals surface area contributed by atoms with Gasteiger partial charge in [-0.05, 0) is 116 Å². The van der Waals surface area contributed by atoms with Crippen LogP contribution in [0, 0.1) is 0 Å². The van der Waals surface area contributed by atoms with Crippen LogP contribution >= 0.6 is 0 Å². The summed E-state index contributed by atoms with van der Waals surface area (Å²) in [4.78, 5) is 26.7. The quantitative estimate of drug-likeness (QED) is 0.0195. The number of allylic oxidation sites excluding steroid dienone is 19. The topological polar surface area (TPSA) is 175 Å². The number of ether oxygens (including phenoxy) is 3. The highest BCUT2D eigenvalue weighted by atomic mass is 16.7. The molecule has 0 bridgehead atoms. The molecule has 0 saturated carbocycles. The first-order valence-corrected chi connectivity index (χ1v) is 37.8. The van der Waals surface area contributed by atoms with Crippen LogP contribution in [0.25, 0.3) is 0 Å². The summed E-state index contributed by atoms with van der Waals surface area (Å²) in [6, 6.07) is -1.04. The highest BCUT2D eigenvalue weighted by Gasteiger charge is 2.47. The lowest BCUT2D eigenvalue weighted by Gasteiger charge is -2.41. The minimum Gasteiger partial charge on any atom is -0.454 e. The van der Waals surface area contributed by atoms with Crippen molar-refractivity contribution < 1.29 is 49.3 Å². The summed E-state index contributed by atoms with van der Waals surface area (Å²) in [5.41, 5.74) is 0. The molecule has 1 aliphatic heterocycles. The SMILES string of the molecule is CC/C=C\C/C=C\C/C=C\C/C=C\C/C=C\CCCCCCCCCCC(O)C(=O)NC(COC1OC(CO)C(O)C(O)C1OC(=O)CCCCCCCCCCCCC/C=C\C/C=C\C/C=C\C/C=C\CCCCC)C(O)/C=C/CCCCCCCCCCCC. The van der Waals surface area contributed by atoms with Gasteiger partial charge < -0.3 is 45.1 Å². The van der Waals surface area contributed by atoms with Crippen molar-refractivity contribution in [1.29, 1.82) is 0 Å². The van der Waals surface area contributed by atoms with Crippen LogP contribution in [0.3, 0.4) is 0 Å². The summed E-state index contributed by atoms with van der Waals surface area (Å²) >= 11 is 0. The van der Waals surface area contributed by atoms with E-state index in [4.69, 9.17) is 14.2 Å². The Hall–Kier alpha value is -3.94. The maximum atomic E-state index is 13.5. The smallest absolute Gasteiger partial charge is 0.306 e. The Morgan fingerprint density at radius 1 is 0.435 bits per heavy atom. The number of carbonyl (C=O) groups is 2. The van der Waals surface area contributed by atoms with Gasteiger partial charge in [-0.25, -0.2) is 0 Å². The van der Waals surface area contributed by atoms with Crippen molar-refractivity contribution in [3.8, 4) is 0 Å². The van der Waals surface area contributed by atoms with Gasteiger partial charge in [0.1, 0.15) is 24.4 Å². The number of rotatable bonds is 64. The number of aliphatic hydroxyl groups excluding tert-OH is 5. The van der Waals surface area contributed by atoms with Crippen molar-refractivity contribution in [3.63, 3.8) is 0 Å². The minimum atomic E-state index is -1.62. The molecule has 8 unspecified atom stereocenters. The molecule has 11 nitrogen and oxygen atoms in total. The van der Waals surface area contributed by atoms with Crippen molar-refractivity contribution in [2.75, 3.05) is 13.2 Å². The van der Waals surface area contributed by atoms with Gasteiger partial charge in [-0.15, -0.1) is 0 Å². The molecule has 528 valence electrons. The van der Waals surface area contributed by atoms with Crippen LogP contribution in [0.2, 0.25) is 0 Å². The molecule has 0 aromatic carbocycles. The fourth-order valence-corrected chi connectivity index (χ4v) is 11.2. The van der Waals surface area contributed by atoms with Crippen molar-refractivity contribution in [1.82, 2.24) is 5.32 Å². The molecule has 1 rings (SSSR count). The van der Waals surface area contributed by atoms with Gasteiger partial charge in [0.15, 0.2) is 12.4 Å². The first-order valence-electron chi connectivity index (χ1n) is 37.8. The van der Waals surface area contributed by atoms with Crippen molar-refractivity contribution in [2.45, 2.75) is 365 Å². The van der Waals surface area contributed by atoms with Crippen LogP contribution in [0.4, 0.5) is 0 Å². The molecule has 8 atom stereocenters. The van der Waals surface area contributed by atoms with Crippen molar-refractivity contribution >= 4 is 11.9 Å². The Morgan fingerprint density at radius 2 is 0.783 bits per heavy atom. The van der Waals surface area contributed by atoms with E-state index >= 15 is 0 Å². The van der Waals surface area contributed by atoms with Crippen LogP contribution in [0.1, 0.15) is 316 Å². The van der Waals surface area contributed by atoms with Crippen molar-refractivity contribution in [2.24, 2.45) is 0 Å². The molecule has 1 fully saturated rings. The predicted octanol–water partition coefficient (Wildman–Crippen LogP) is 20.1. The van der Waals surface area contributed by atoms with Crippen LogP contribution < -0.4 is 5.32 Å². The minimum absolute atomic E-state index is 0.114. The lowest BCUT2D eigenvalue weighted by molar-refractivity contribution is -0.305. The monoisotopic (exact) mass is 1290 g/mol. The van der Waals surface area contributed by atoms with Crippen LogP contribution in [-0.2, 0) is 23.8 Å². The first-order chi connectivity index (χ1) is 45.2. The van der Waals surface area contributed by atoms with E-state index in [1.54, 1.807) is 6.08 Å². The Morgan fingerprint density at radius 3 is 1.20 bits per heavy atom. The molecular formula is C81H139NO10. The van der Waals surface area contributed by atoms with Gasteiger partial charge in [-0.3, -0.25) is 9.59 Å². The van der Waals surface area contributed by atoms with E-state index in [2.05, 4.69) is 135 Å². The first kappa shape index (κ1) is 86.1. The van der Waals surface area contributed by atoms with E-state index < -0.39 is 67.4 Å². The summed E-state index contributed by atoms with van der Waals surface area (Å²) in [5.74, 6) is -1.20. The Balaban J connectivity index is 2.54. The van der Waals surface area contributed by atoms with Gasteiger partial charge in [-0.1, -0.05) is 316 Å². The summed E-state index contributed by atoms with van der Waals surface area (Å²) in [6.07, 6.45) is 83.7. The molecule has 0 aromatic heterocycles. The number of hydrogen-bond acceptors (Lipinski definition) is 10. The maximum absolute atomic E-state index is 13.5. The number of aliphatic hydroxyl groups is 5. The fraction of sp³-hybridized carbons (Fsp3) is 0.728. The zero-order valence-corrected chi connectivity index (χ0v) is 58.9. The third-order valence-electron chi connectivity index (χ3n) is 17.1. The van der Waals surface area contributed by atoms with Crippen LogP contribution in [0.5, 0.6) is 0 Å². The summed E-state index contributed by atoms with van der Waals surface area (Å²) < 4.78 is 17.7. The third-order valence-corrected chi connectivity index (χ3v) is 17.1. The lowest BCUT2D eigenvalue weighted by Crippen LogP contribution is -2.61. The Bertz CT molecular complexity index is 1970. The standard InChI is InChI=1S/C81H139NO10/c1-4-7-10-13-16-19-22-25-27-29-31-33-35-37-38-39-41-43-45-47-49-51-54-57-60-63-66-69-76(86)92-79-78(88)77(87)75(70-83)91-81(79)90-71-72(73(84)67-64-61-58-55-52-24-21-18-15-12-9-6-3)82-80(89)74(85)68-65-62-59-56-53-50-48-46-44-42-40-36-34-32-30-28-26-23-20-17-14-11-8-5-2/h8,11,16-17,19-20,25-28,31-34,37-38,40,42,64,67,72-75,77-79,81,83-85,87-88H,4-7,9-10,12-15,18,21-24,29-30,35-36,39,41,43-63,65-66,68-71H2,1-3H3,(H,82,89)/b11-8-,19-16-,20-17-,27-25-,28-26-,33-31-,34-32-,38-37-,42-40-,67-64+. The van der Waals surface area contributed by atoms with Gasteiger partial charge in [0, 0.05) is 6.42 Å². The Labute approximate surface area is 563 Å². The van der Waals surface area contributed by atoms with E-state index in [9.17, 15) is 35.1 Å². The van der Waals surface area contributed by atoms with Crippen LogP contribution in [-0.4, -0.2) is 99.6 Å². The summed E-state index contributed by atoms with van der Waals surface area (Å²) in [6.45, 7) is 5.67. The summed E-state index contributed by atoms with van der Waals surface area (Å²) in [5, 5.41) is 57.4. The molecular weight excluding hydrogens is 1150 g/mol. The third kappa shape index (κ3) is 53.3. The Kier molecular flexibility index (Phi) is 62.7. The van der Waals surface area contributed by atoms with Crippen LogP contribution in [0.15, 0.2) is 122 Å². The highest BCUT2D eigenvalue weighted by Crippen LogP contribution is 2.26. The second-order valence-electron chi connectivity index (χ2n) is 25.6. The van der Waals surface area contributed by atoms with Gasteiger partial charge in [0.2, 0.25) is 5.91 Å². The molecule has 11 heteroatoms. The number of nitrogens with one attached hydrogen (secondary N) is 1. The number of esters is 1. The van der Waals surface area contributed by atoms with E-state index in [0.717, 1.165) is 128 Å². The van der Waals surface area contributed by atoms with E-state index in [0.29, 0.717) is 12.8 Å². The number of amides is 1. The van der Waals surface area contributed by atoms with E-state index in [1.807, 2.05) is 6.08 Å². The van der Waals surface area contributed by atoms with Gasteiger partial charge in [-0.2, -0.15) is 0 Å². The van der Waals surface area contributed by atoms with Gasteiger partial charge in [0.25, 0.3) is 0 Å². The maximum Gasteiger partial charge on any atom is 0.306 e. The average molecular weight is 1290 g/mol. The highest BCUT2D eigenvalue weighted by molar-refractivity contribution is 5.80. The summed E-state index contributed by atoms with van der Waals surface area (Å²) in [7, 11) is 0. The largest absolute Gasteiger partial charge is 0.454 e. The number of unbranched alkanes of at least 4 members (excludes halogenated alkanes) is 32. The molecule has 0 spiro atoms. The second kappa shape index (κ2) is 67.1. The molecule has 1 amide bonds. The lowest BCUT2D eigenvalue weighted by atomic mass is 9.99. The molecule has 0 radical (unpaired) electrons. The zero-order valence-electron chi connectivity index (χ0n) is 58.9. The molecule has 6 N–H and O–H groups in total. The average Bonchev–Trinajstić information content (AvgIpc) is 0.928. The molecule has 0 aliphatic carbocycles. The molecule has 92 heavy (non-hydrogen) atoms. The van der Waals surface area contributed by atoms with Gasteiger partial charge >= 0.3 is 5.97 Å². The molecule has 1 heterocycles. The number of hydrogen-bond donors (Lipinski definition) is 6. The van der Waals surface area contributed by atoms with Crippen molar-refractivity contribution in [3.05, 3.63) is 122 Å². The van der Waals surface area contributed by atoms with E-state index in [1.165, 1.54) is 141 Å². The fourth-order valence-electron chi connectivity index (χ4n) is 11.2. The molecule has 1 saturated heterocycles. The zero-order chi connectivity index (χ0) is 66.7. The normalized spacial score (nSPS) is 18.6. The predicted molar refractivity (Wildman–Crippen MR) is 388 cm³/mol. The van der Waals surface area contributed by atoms with Gasteiger partial charge in [0.05, 0.1) is 25.4 Å². The number of carbonyl (C=O) groups excluding carboxylic acids is 2. The molecule has 1 aliphatic rings.